The van der Waals surface area contributed by atoms with Crippen LogP contribution in [0.4, 0.5) is 5.82 Å². The molecule has 1 aromatic heterocycles. The Hall–Kier alpha value is -1.90. The summed E-state index contributed by atoms with van der Waals surface area (Å²) < 4.78 is 0. The van der Waals surface area contributed by atoms with Gasteiger partial charge in [-0.1, -0.05) is 39.0 Å². The Balaban J connectivity index is 2.33. The molecule has 0 aliphatic heterocycles. The van der Waals surface area contributed by atoms with Crippen molar-refractivity contribution >= 4 is 5.82 Å². The lowest BCUT2D eigenvalue weighted by atomic mass is 9.92. The average molecular weight is 269 g/mol. The van der Waals surface area contributed by atoms with Crippen molar-refractivity contribution in [2.45, 2.75) is 46.5 Å². The van der Waals surface area contributed by atoms with Crippen LogP contribution >= 0.6 is 0 Å². The third-order valence-electron chi connectivity index (χ3n) is 3.49. The number of benzene rings is 1. The van der Waals surface area contributed by atoms with E-state index in [0.29, 0.717) is 5.82 Å². The molecule has 2 rings (SSSR count). The molecule has 106 valence electrons. The van der Waals surface area contributed by atoms with Crippen molar-refractivity contribution in [3.63, 3.8) is 0 Å². The predicted molar refractivity (Wildman–Crippen MR) is 83.9 cm³/mol. The van der Waals surface area contributed by atoms with Crippen molar-refractivity contribution in [3.8, 4) is 0 Å². The van der Waals surface area contributed by atoms with Crippen LogP contribution in [0.2, 0.25) is 0 Å². The molecule has 2 aromatic rings. The Morgan fingerprint density at radius 1 is 1.00 bits per heavy atom. The highest BCUT2D eigenvalue weighted by Crippen LogP contribution is 2.22. The van der Waals surface area contributed by atoms with Gasteiger partial charge in [-0.15, -0.1) is 0 Å². The van der Waals surface area contributed by atoms with E-state index in [4.69, 9.17) is 5.73 Å². The van der Waals surface area contributed by atoms with Crippen LogP contribution in [0.3, 0.4) is 0 Å². The second-order valence-corrected chi connectivity index (χ2v) is 6.44. The summed E-state index contributed by atoms with van der Waals surface area (Å²) in [5.41, 5.74) is 10.7. The minimum Gasteiger partial charge on any atom is -0.384 e. The molecule has 3 nitrogen and oxygen atoms in total. The number of nitrogen functional groups attached to an aromatic ring is 1. The largest absolute Gasteiger partial charge is 0.384 e. The number of nitrogens with two attached hydrogens (primary N) is 1. The monoisotopic (exact) mass is 269 g/mol. The second kappa shape index (κ2) is 5.23. The van der Waals surface area contributed by atoms with Crippen molar-refractivity contribution in [1.29, 1.82) is 0 Å². The normalized spacial score (nSPS) is 11.7. The minimum absolute atomic E-state index is 0.0188. The Labute approximate surface area is 121 Å². The molecule has 2 N–H and O–H groups in total. The summed E-state index contributed by atoms with van der Waals surface area (Å²) >= 11 is 0. The van der Waals surface area contributed by atoms with Gasteiger partial charge < -0.3 is 5.73 Å². The molecule has 1 heterocycles. The van der Waals surface area contributed by atoms with Gasteiger partial charge in [0, 0.05) is 17.9 Å². The molecule has 0 spiro atoms. The Morgan fingerprint density at radius 2 is 1.70 bits per heavy atom. The van der Waals surface area contributed by atoms with Gasteiger partial charge in [-0.05, 0) is 30.5 Å². The molecular weight excluding hydrogens is 246 g/mol. The Morgan fingerprint density at radius 3 is 2.30 bits per heavy atom. The van der Waals surface area contributed by atoms with E-state index >= 15 is 0 Å². The number of hydrogen-bond donors (Lipinski definition) is 1. The van der Waals surface area contributed by atoms with Gasteiger partial charge in [-0.3, -0.25) is 0 Å². The second-order valence-electron chi connectivity index (χ2n) is 6.44. The maximum Gasteiger partial charge on any atom is 0.135 e. The molecule has 0 bridgehead atoms. The van der Waals surface area contributed by atoms with Gasteiger partial charge in [0.1, 0.15) is 11.6 Å². The average Bonchev–Trinajstić information content (AvgIpc) is 2.32. The molecule has 0 fully saturated rings. The first kappa shape index (κ1) is 14.5. The summed E-state index contributed by atoms with van der Waals surface area (Å²) in [6.07, 6.45) is 0.718. The molecular formula is C17H23N3. The fraction of sp³-hybridized carbons (Fsp3) is 0.412. The molecule has 0 saturated carbocycles. The van der Waals surface area contributed by atoms with Crippen molar-refractivity contribution in [2.75, 3.05) is 5.73 Å². The molecule has 0 aliphatic rings. The molecule has 0 atom stereocenters. The topological polar surface area (TPSA) is 51.8 Å². The van der Waals surface area contributed by atoms with Gasteiger partial charge in [0.25, 0.3) is 0 Å². The quantitative estimate of drug-likeness (QED) is 0.907. The SMILES string of the molecule is Cc1ccc(Cc2nc(N)cc(C(C)(C)C)n2)cc1C. The molecule has 0 aliphatic carbocycles. The summed E-state index contributed by atoms with van der Waals surface area (Å²) in [6, 6.07) is 8.33. The van der Waals surface area contributed by atoms with Crippen LogP contribution in [-0.4, -0.2) is 9.97 Å². The maximum absolute atomic E-state index is 5.91. The highest BCUT2D eigenvalue weighted by molar-refractivity contribution is 5.35. The van der Waals surface area contributed by atoms with E-state index in [-0.39, 0.29) is 5.41 Å². The van der Waals surface area contributed by atoms with Crippen LogP contribution in [0.5, 0.6) is 0 Å². The van der Waals surface area contributed by atoms with Crippen molar-refractivity contribution in [1.82, 2.24) is 9.97 Å². The molecule has 1 aromatic carbocycles. The number of rotatable bonds is 2. The standard InChI is InChI=1S/C17H23N3/c1-11-6-7-13(8-12(11)2)9-16-19-14(17(3,4)5)10-15(18)20-16/h6-8,10H,9H2,1-5H3,(H2,18,19,20). The number of aryl methyl sites for hydroxylation is 2. The molecule has 0 saturated heterocycles. The van der Waals surface area contributed by atoms with Crippen molar-refractivity contribution < 1.29 is 0 Å². The fourth-order valence-corrected chi connectivity index (χ4v) is 2.08. The number of nitrogens with zero attached hydrogens (tertiary/aromatic N) is 2. The Bertz CT molecular complexity index is 625. The van der Waals surface area contributed by atoms with E-state index in [2.05, 4.69) is 62.8 Å². The number of anilines is 1. The fourth-order valence-electron chi connectivity index (χ4n) is 2.08. The van der Waals surface area contributed by atoms with Gasteiger partial charge >= 0.3 is 0 Å². The lowest BCUT2D eigenvalue weighted by Gasteiger charge is -2.18. The van der Waals surface area contributed by atoms with E-state index in [1.807, 2.05) is 6.07 Å². The van der Waals surface area contributed by atoms with E-state index in [9.17, 15) is 0 Å². The summed E-state index contributed by atoms with van der Waals surface area (Å²) in [6.45, 7) is 10.6. The van der Waals surface area contributed by atoms with E-state index in [1.54, 1.807) is 0 Å². The van der Waals surface area contributed by atoms with Gasteiger partial charge in [-0.25, -0.2) is 9.97 Å². The molecule has 20 heavy (non-hydrogen) atoms. The zero-order valence-electron chi connectivity index (χ0n) is 13.0. The third kappa shape index (κ3) is 3.35. The number of hydrogen-bond acceptors (Lipinski definition) is 3. The highest BCUT2D eigenvalue weighted by atomic mass is 14.9. The van der Waals surface area contributed by atoms with E-state index in [0.717, 1.165) is 17.9 Å². The number of aromatic nitrogens is 2. The van der Waals surface area contributed by atoms with Crippen LogP contribution in [-0.2, 0) is 11.8 Å². The summed E-state index contributed by atoms with van der Waals surface area (Å²) in [7, 11) is 0. The van der Waals surface area contributed by atoms with Crippen molar-refractivity contribution in [2.24, 2.45) is 0 Å². The first-order chi connectivity index (χ1) is 9.25. The van der Waals surface area contributed by atoms with E-state index in [1.165, 1.54) is 16.7 Å². The zero-order chi connectivity index (χ0) is 14.9. The first-order valence-electron chi connectivity index (χ1n) is 6.96. The zero-order valence-corrected chi connectivity index (χ0v) is 13.0. The van der Waals surface area contributed by atoms with Crippen LogP contribution in [0.25, 0.3) is 0 Å². The molecule has 0 radical (unpaired) electrons. The van der Waals surface area contributed by atoms with Gasteiger partial charge in [0.2, 0.25) is 0 Å². The smallest absolute Gasteiger partial charge is 0.135 e. The van der Waals surface area contributed by atoms with Crippen LogP contribution < -0.4 is 5.73 Å². The maximum atomic E-state index is 5.91. The van der Waals surface area contributed by atoms with Crippen LogP contribution in [0.1, 0.15) is 49.0 Å². The van der Waals surface area contributed by atoms with Gasteiger partial charge in [0.15, 0.2) is 0 Å². The molecule has 0 unspecified atom stereocenters. The van der Waals surface area contributed by atoms with E-state index < -0.39 is 0 Å². The molecule has 3 heteroatoms. The Kier molecular flexibility index (Phi) is 3.80. The minimum atomic E-state index is -0.0188. The van der Waals surface area contributed by atoms with Crippen LogP contribution in [0.15, 0.2) is 24.3 Å². The van der Waals surface area contributed by atoms with Gasteiger partial charge in [0.05, 0.1) is 5.69 Å². The summed E-state index contributed by atoms with van der Waals surface area (Å²) in [5, 5.41) is 0. The first-order valence-corrected chi connectivity index (χ1v) is 6.96. The van der Waals surface area contributed by atoms with Gasteiger partial charge in [-0.2, -0.15) is 0 Å². The van der Waals surface area contributed by atoms with Crippen molar-refractivity contribution in [3.05, 3.63) is 52.5 Å². The summed E-state index contributed by atoms with van der Waals surface area (Å²) in [5.74, 6) is 1.34. The third-order valence-corrected chi connectivity index (χ3v) is 3.49. The lowest BCUT2D eigenvalue weighted by Crippen LogP contribution is -2.16. The highest BCUT2D eigenvalue weighted by Gasteiger charge is 2.17. The predicted octanol–water partition coefficient (Wildman–Crippen LogP) is 3.56. The summed E-state index contributed by atoms with van der Waals surface area (Å²) in [4.78, 5) is 9.02. The van der Waals surface area contributed by atoms with Crippen LogP contribution in [0, 0.1) is 13.8 Å². The lowest BCUT2D eigenvalue weighted by molar-refractivity contribution is 0.563. The molecule has 0 amide bonds.